The SMILES string of the molecule is C=CC1(C)CCC(C(C)C)CC1(O)O. The molecule has 0 saturated heterocycles. The molecule has 14 heavy (non-hydrogen) atoms. The monoisotopic (exact) mass is 198 g/mol. The normalized spacial score (nSPS) is 37.1. The Kier molecular flexibility index (Phi) is 3.07. The summed E-state index contributed by atoms with van der Waals surface area (Å²) in [6, 6.07) is 0. The fraction of sp³-hybridized carbons (Fsp3) is 0.833. The fourth-order valence-corrected chi connectivity index (χ4v) is 2.22. The largest absolute Gasteiger partial charge is 0.365 e. The highest BCUT2D eigenvalue weighted by Gasteiger charge is 2.48. The Hall–Kier alpha value is -0.340. The van der Waals surface area contributed by atoms with Gasteiger partial charge in [0.15, 0.2) is 5.79 Å². The van der Waals surface area contributed by atoms with E-state index in [4.69, 9.17) is 0 Å². The van der Waals surface area contributed by atoms with Crippen LogP contribution in [0.4, 0.5) is 0 Å². The van der Waals surface area contributed by atoms with Crippen LogP contribution in [0, 0.1) is 17.3 Å². The predicted molar refractivity (Wildman–Crippen MR) is 57.7 cm³/mol. The first-order valence-electron chi connectivity index (χ1n) is 5.41. The summed E-state index contributed by atoms with van der Waals surface area (Å²) in [5.74, 6) is -0.650. The van der Waals surface area contributed by atoms with Crippen LogP contribution in [0.1, 0.15) is 40.0 Å². The molecule has 2 heteroatoms. The Morgan fingerprint density at radius 3 is 2.36 bits per heavy atom. The lowest BCUT2D eigenvalue weighted by atomic mass is 9.65. The molecule has 0 spiro atoms. The Labute approximate surface area is 86.6 Å². The molecule has 1 aliphatic carbocycles. The molecule has 1 saturated carbocycles. The second-order valence-corrected chi connectivity index (χ2v) is 5.19. The Morgan fingerprint density at radius 1 is 1.43 bits per heavy atom. The summed E-state index contributed by atoms with van der Waals surface area (Å²) < 4.78 is 0. The van der Waals surface area contributed by atoms with Crippen molar-refractivity contribution in [1.82, 2.24) is 0 Å². The van der Waals surface area contributed by atoms with Gasteiger partial charge in [-0.3, -0.25) is 0 Å². The van der Waals surface area contributed by atoms with E-state index in [1.807, 2.05) is 6.92 Å². The molecule has 0 aromatic heterocycles. The molecule has 0 bridgehead atoms. The van der Waals surface area contributed by atoms with Crippen molar-refractivity contribution < 1.29 is 10.2 Å². The predicted octanol–water partition coefficient (Wildman–Crippen LogP) is 2.32. The summed E-state index contributed by atoms with van der Waals surface area (Å²) >= 11 is 0. The molecule has 82 valence electrons. The van der Waals surface area contributed by atoms with Crippen LogP contribution in [0.15, 0.2) is 12.7 Å². The average molecular weight is 198 g/mol. The lowest BCUT2D eigenvalue weighted by Crippen LogP contribution is -2.50. The first-order valence-corrected chi connectivity index (χ1v) is 5.41. The van der Waals surface area contributed by atoms with Crippen molar-refractivity contribution in [2.24, 2.45) is 17.3 Å². The van der Waals surface area contributed by atoms with Crippen molar-refractivity contribution in [2.75, 3.05) is 0 Å². The maximum Gasteiger partial charge on any atom is 0.171 e. The minimum atomic E-state index is -1.58. The zero-order chi connectivity index (χ0) is 11.0. The van der Waals surface area contributed by atoms with Crippen LogP contribution in [0.2, 0.25) is 0 Å². The van der Waals surface area contributed by atoms with E-state index in [0.717, 1.165) is 12.8 Å². The smallest absolute Gasteiger partial charge is 0.171 e. The molecule has 2 unspecified atom stereocenters. The lowest BCUT2D eigenvalue weighted by molar-refractivity contribution is -0.252. The molecule has 2 N–H and O–H groups in total. The van der Waals surface area contributed by atoms with Gasteiger partial charge in [0.1, 0.15) is 0 Å². The van der Waals surface area contributed by atoms with Crippen LogP contribution in [0.5, 0.6) is 0 Å². The minimum absolute atomic E-state index is 0.415. The summed E-state index contributed by atoms with van der Waals surface area (Å²) in [5.41, 5.74) is -0.543. The first-order chi connectivity index (χ1) is 6.32. The third-order valence-electron chi connectivity index (χ3n) is 3.89. The van der Waals surface area contributed by atoms with Crippen LogP contribution in [0.3, 0.4) is 0 Å². The van der Waals surface area contributed by atoms with E-state index in [-0.39, 0.29) is 0 Å². The number of hydrogen-bond acceptors (Lipinski definition) is 2. The van der Waals surface area contributed by atoms with Crippen LogP contribution in [-0.4, -0.2) is 16.0 Å². The van der Waals surface area contributed by atoms with Crippen molar-refractivity contribution in [3.63, 3.8) is 0 Å². The Morgan fingerprint density at radius 2 is 2.00 bits per heavy atom. The standard InChI is InChI=1S/C12H22O2/c1-5-11(4)7-6-10(9(2)3)8-12(11,13)14/h5,9-10,13-14H,1,6-8H2,2-4H3. The second kappa shape index (κ2) is 3.67. The van der Waals surface area contributed by atoms with Crippen LogP contribution >= 0.6 is 0 Å². The van der Waals surface area contributed by atoms with Gasteiger partial charge < -0.3 is 10.2 Å². The molecule has 0 aromatic carbocycles. The number of hydrogen-bond donors (Lipinski definition) is 2. The highest BCUT2D eigenvalue weighted by Crippen LogP contribution is 2.47. The first kappa shape index (κ1) is 11.7. The van der Waals surface area contributed by atoms with Gasteiger partial charge in [-0.25, -0.2) is 0 Å². The summed E-state index contributed by atoms with van der Waals surface area (Å²) in [6.07, 6.45) is 4.02. The van der Waals surface area contributed by atoms with E-state index in [2.05, 4.69) is 20.4 Å². The summed E-state index contributed by atoms with van der Waals surface area (Å²) in [7, 11) is 0. The number of aliphatic hydroxyl groups is 2. The van der Waals surface area contributed by atoms with Gasteiger partial charge in [-0.15, -0.1) is 6.58 Å². The molecule has 0 radical (unpaired) electrons. The third-order valence-corrected chi connectivity index (χ3v) is 3.89. The lowest BCUT2D eigenvalue weighted by Gasteiger charge is -2.46. The van der Waals surface area contributed by atoms with Crippen LogP contribution in [0.25, 0.3) is 0 Å². The summed E-state index contributed by atoms with van der Waals surface area (Å²) in [6.45, 7) is 9.85. The van der Waals surface area contributed by atoms with Gasteiger partial charge in [0.05, 0.1) is 0 Å². The van der Waals surface area contributed by atoms with Crippen molar-refractivity contribution in [2.45, 2.75) is 45.8 Å². The highest BCUT2D eigenvalue weighted by molar-refractivity contribution is 5.04. The highest BCUT2D eigenvalue weighted by atomic mass is 16.5. The van der Waals surface area contributed by atoms with Gasteiger partial charge in [0.2, 0.25) is 0 Å². The average Bonchev–Trinajstić information content (AvgIpc) is 2.09. The van der Waals surface area contributed by atoms with Crippen molar-refractivity contribution in [1.29, 1.82) is 0 Å². The van der Waals surface area contributed by atoms with Crippen molar-refractivity contribution in [3.05, 3.63) is 12.7 Å². The topological polar surface area (TPSA) is 40.5 Å². The van der Waals surface area contributed by atoms with Gasteiger partial charge in [-0.1, -0.05) is 26.8 Å². The van der Waals surface area contributed by atoms with E-state index < -0.39 is 11.2 Å². The zero-order valence-electron chi connectivity index (χ0n) is 9.45. The molecule has 1 rings (SSSR count). The summed E-state index contributed by atoms with van der Waals surface area (Å²) in [4.78, 5) is 0. The van der Waals surface area contributed by atoms with Gasteiger partial charge in [-0.2, -0.15) is 0 Å². The van der Waals surface area contributed by atoms with Gasteiger partial charge in [-0.05, 0) is 24.7 Å². The van der Waals surface area contributed by atoms with E-state index in [0.29, 0.717) is 18.3 Å². The van der Waals surface area contributed by atoms with Gasteiger partial charge >= 0.3 is 0 Å². The van der Waals surface area contributed by atoms with E-state index in [1.165, 1.54) is 0 Å². The van der Waals surface area contributed by atoms with Gasteiger partial charge in [0, 0.05) is 11.8 Å². The Balaban J connectivity index is 2.80. The molecule has 2 nitrogen and oxygen atoms in total. The molecular weight excluding hydrogens is 176 g/mol. The maximum absolute atomic E-state index is 10.00. The van der Waals surface area contributed by atoms with E-state index >= 15 is 0 Å². The molecule has 1 aliphatic rings. The van der Waals surface area contributed by atoms with Crippen LogP contribution < -0.4 is 0 Å². The third kappa shape index (κ3) is 1.86. The van der Waals surface area contributed by atoms with Crippen LogP contribution in [-0.2, 0) is 0 Å². The molecule has 0 aromatic rings. The molecule has 0 heterocycles. The van der Waals surface area contributed by atoms with Gasteiger partial charge in [0.25, 0.3) is 0 Å². The second-order valence-electron chi connectivity index (χ2n) is 5.19. The maximum atomic E-state index is 10.00. The van der Waals surface area contributed by atoms with Crippen molar-refractivity contribution in [3.8, 4) is 0 Å². The molecule has 0 amide bonds. The zero-order valence-corrected chi connectivity index (χ0v) is 9.45. The number of rotatable bonds is 2. The quantitative estimate of drug-likeness (QED) is 0.528. The van der Waals surface area contributed by atoms with E-state index in [1.54, 1.807) is 6.08 Å². The van der Waals surface area contributed by atoms with Crippen molar-refractivity contribution >= 4 is 0 Å². The van der Waals surface area contributed by atoms with E-state index in [9.17, 15) is 10.2 Å². The fourth-order valence-electron chi connectivity index (χ4n) is 2.22. The summed E-state index contributed by atoms with van der Waals surface area (Å²) in [5, 5.41) is 20.0. The minimum Gasteiger partial charge on any atom is -0.365 e. The molecule has 2 atom stereocenters. The Bertz CT molecular complexity index is 220. The molecule has 0 aliphatic heterocycles. The molecule has 1 fully saturated rings. The molecular formula is C12H22O2.